The number of aromatic nitrogens is 2. The lowest BCUT2D eigenvalue weighted by atomic mass is 10.0. The third-order valence-corrected chi connectivity index (χ3v) is 5.45. The van der Waals surface area contributed by atoms with E-state index in [9.17, 15) is 9.59 Å². The highest BCUT2D eigenvalue weighted by molar-refractivity contribution is 7.98. The van der Waals surface area contributed by atoms with Crippen LogP contribution in [0.1, 0.15) is 27.2 Å². The molecular formula is C23H23ClN4O2S. The third kappa shape index (κ3) is 6.54. The van der Waals surface area contributed by atoms with Gasteiger partial charge in [0.1, 0.15) is 6.04 Å². The molecule has 0 aliphatic rings. The van der Waals surface area contributed by atoms with Gasteiger partial charge in [0, 0.05) is 13.0 Å². The molecule has 1 atom stereocenters. The number of hydrogen-bond donors (Lipinski definition) is 2. The first-order valence-corrected chi connectivity index (χ1v) is 11.3. The van der Waals surface area contributed by atoms with Gasteiger partial charge in [-0.15, -0.1) is 0 Å². The fourth-order valence-corrected chi connectivity index (χ4v) is 3.43. The summed E-state index contributed by atoms with van der Waals surface area (Å²) in [6.07, 6.45) is 3.53. The predicted molar refractivity (Wildman–Crippen MR) is 123 cm³/mol. The Labute approximate surface area is 190 Å². The van der Waals surface area contributed by atoms with Gasteiger partial charge in [0.15, 0.2) is 10.9 Å². The van der Waals surface area contributed by atoms with E-state index in [1.54, 1.807) is 0 Å². The van der Waals surface area contributed by atoms with Crippen LogP contribution in [0.5, 0.6) is 0 Å². The number of benzene rings is 2. The van der Waals surface area contributed by atoms with Crippen molar-refractivity contribution in [2.45, 2.75) is 31.1 Å². The highest BCUT2D eigenvalue weighted by Gasteiger charge is 2.24. The molecule has 31 heavy (non-hydrogen) atoms. The summed E-state index contributed by atoms with van der Waals surface area (Å²) in [5.74, 6) is -0.804. The average Bonchev–Trinajstić information content (AvgIpc) is 2.79. The van der Waals surface area contributed by atoms with Crippen LogP contribution in [0.2, 0.25) is 5.02 Å². The predicted octanol–water partition coefficient (Wildman–Crippen LogP) is 3.82. The molecule has 2 N–H and O–H groups in total. The Morgan fingerprint density at radius 1 is 1.06 bits per heavy atom. The Kier molecular flexibility index (Phi) is 8.03. The zero-order valence-corrected chi connectivity index (χ0v) is 18.8. The van der Waals surface area contributed by atoms with Crippen molar-refractivity contribution in [3.63, 3.8) is 0 Å². The lowest BCUT2D eigenvalue weighted by molar-refractivity contribution is -0.123. The largest absolute Gasteiger partial charge is 0.350 e. The van der Waals surface area contributed by atoms with Gasteiger partial charge in [-0.25, -0.2) is 9.97 Å². The number of halogens is 1. The molecule has 3 aromatic rings. The fourth-order valence-electron chi connectivity index (χ4n) is 2.91. The van der Waals surface area contributed by atoms with Crippen LogP contribution in [-0.2, 0) is 17.8 Å². The molecule has 0 bridgehead atoms. The van der Waals surface area contributed by atoms with Crippen molar-refractivity contribution in [3.8, 4) is 0 Å². The van der Waals surface area contributed by atoms with Crippen LogP contribution in [0.25, 0.3) is 0 Å². The van der Waals surface area contributed by atoms with Crippen molar-refractivity contribution in [1.82, 2.24) is 20.6 Å². The summed E-state index contributed by atoms with van der Waals surface area (Å²) in [6, 6.07) is 16.6. The maximum atomic E-state index is 13.0. The van der Waals surface area contributed by atoms with Crippen molar-refractivity contribution in [2.24, 2.45) is 0 Å². The molecule has 0 spiro atoms. The van der Waals surface area contributed by atoms with E-state index in [0.717, 1.165) is 16.7 Å². The topological polar surface area (TPSA) is 84.0 Å². The number of aryl methyl sites for hydroxylation is 1. The van der Waals surface area contributed by atoms with E-state index in [1.165, 1.54) is 18.0 Å². The van der Waals surface area contributed by atoms with E-state index in [-0.39, 0.29) is 16.6 Å². The van der Waals surface area contributed by atoms with Gasteiger partial charge < -0.3 is 10.6 Å². The molecule has 0 saturated heterocycles. The monoisotopic (exact) mass is 454 g/mol. The first-order chi connectivity index (χ1) is 15.0. The van der Waals surface area contributed by atoms with E-state index in [0.29, 0.717) is 18.1 Å². The lowest BCUT2D eigenvalue weighted by Crippen LogP contribution is -2.48. The van der Waals surface area contributed by atoms with E-state index >= 15 is 0 Å². The first kappa shape index (κ1) is 22.8. The molecule has 2 amide bonds. The molecule has 6 nitrogen and oxygen atoms in total. The lowest BCUT2D eigenvalue weighted by Gasteiger charge is -2.19. The summed E-state index contributed by atoms with van der Waals surface area (Å²) in [5.41, 5.74) is 3.10. The van der Waals surface area contributed by atoms with Crippen LogP contribution in [-0.4, -0.2) is 34.1 Å². The zero-order valence-electron chi connectivity index (χ0n) is 17.3. The Balaban J connectivity index is 1.76. The van der Waals surface area contributed by atoms with E-state index < -0.39 is 11.9 Å². The Bertz CT molecular complexity index is 1050. The van der Waals surface area contributed by atoms with Gasteiger partial charge in [0.05, 0.1) is 11.2 Å². The smallest absolute Gasteiger partial charge is 0.272 e. The maximum absolute atomic E-state index is 13.0. The standard InChI is InChI=1S/C23H23ClN4O2S/c1-15-8-10-17(11-9-15)13-25-21(29)19(12-16-6-4-3-5-7-16)27-22(30)20-18(24)14-26-23(28-20)31-2/h3-11,14,19H,12-13H2,1-2H3,(H,25,29)(H,27,30)/t19-/m1/s1. The second-order valence-electron chi connectivity index (χ2n) is 6.97. The van der Waals surface area contributed by atoms with Crippen LogP contribution < -0.4 is 10.6 Å². The number of nitrogens with one attached hydrogen (secondary N) is 2. The minimum atomic E-state index is -0.788. The van der Waals surface area contributed by atoms with Gasteiger partial charge in [-0.1, -0.05) is 83.5 Å². The zero-order chi connectivity index (χ0) is 22.2. The molecule has 0 radical (unpaired) electrons. The fraction of sp³-hybridized carbons (Fsp3) is 0.217. The van der Waals surface area contributed by atoms with Crippen molar-refractivity contribution in [3.05, 3.63) is 88.2 Å². The van der Waals surface area contributed by atoms with E-state index in [2.05, 4.69) is 20.6 Å². The summed E-state index contributed by atoms with van der Waals surface area (Å²) in [6.45, 7) is 2.37. The molecule has 3 rings (SSSR count). The molecule has 8 heteroatoms. The van der Waals surface area contributed by atoms with Crippen LogP contribution >= 0.6 is 23.4 Å². The van der Waals surface area contributed by atoms with Gasteiger partial charge in [0.2, 0.25) is 5.91 Å². The SMILES string of the molecule is CSc1ncc(Cl)c(C(=O)N[C@H](Cc2ccccc2)C(=O)NCc2ccc(C)cc2)n1. The number of carbonyl (C=O) groups excluding carboxylic acids is 2. The molecule has 0 unspecified atom stereocenters. The van der Waals surface area contributed by atoms with Crippen molar-refractivity contribution < 1.29 is 9.59 Å². The molecule has 160 valence electrons. The number of hydrogen-bond acceptors (Lipinski definition) is 5. The number of thioether (sulfide) groups is 1. The first-order valence-electron chi connectivity index (χ1n) is 9.71. The van der Waals surface area contributed by atoms with E-state index in [1.807, 2.05) is 67.8 Å². The van der Waals surface area contributed by atoms with E-state index in [4.69, 9.17) is 11.6 Å². The van der Waals surface area contributed by atoms with Crippen molar-refractivity contribution in [1.29, 1.82) is 0 Å². The molecule has 0 aliphatic heterocycles. The summed E-state index contributed by atoms with van der Waals surface area (Å²) in [4.78, 5) is 34.1. The molecule has 1 heterocycles. The minimum absolute atomic E-state index is 0.0467. The van der Waals surface area contributed by atoms with Crippen LogP contribution in [0.15, 0.2) is 66.0 Å². The Morgan fingerprint density at radius 3 is 2.45 bits per heavy atom. The Morgan fingerprint density at radius 2 is 1.77 bits per heavy atom. The van der Waals surface area contributed by atoms with Crippen LogP contribution in [0, 0.1) is 6.92 Å². The molecule has 0 aliphatic carbocycles. The second-order valence-corrected chi connectivity index (χ2v) is 8.15. The van der Waals surface area contributed by atoms with Gasteiger partial charge in [-0.2, -0.15) is 0 Å². The molecule has 0 saturated carbocycles. The minimum Gasteiger partial charge on any atom is -0.350 e. The maximum Gasteiger partial charge on any atom is 0.272 e. The third-order valence-electron chi connectivity index (χ3n) is 4.61. The van der Waals surface area contributed by atoms with Crippen LogP contribution in [0.3, 0.4) is 0 Å². The van der Waals surface area contributed by atoms with Gasteiger partial charge >= 0.3 is 0 Å². The van der Waals surface area contributed by atoms with Crippen molar-refractivity contribution in [2.75, 3.05) is 6.26 Å². The van der Waals surface area contributed by atoms with Gasteiger partial charge in [-0.05, 0) is 24.3 Å². The Hall–Kier alpha value is -2.90. The normalized spacial score (nSPS) is 11.6. The van der Waals surface area contributed by atoms with Crippen molar-refractivity contribution >= 4 is 35.2 Å². The number of nitrogens with zero attached hydrogens (tertiary/aromatic N) is 2. The second kappa shape index (κ2) is 10.9. The molecule has 1 aromatic heterocycles. The number of amides is 2. The quantitative estimate of drug-likeness (QED) is 0.399. The highest BCUT2D eigenvalue weighted by atomic mass is 35.5. The summed E-state index contributed by atoms with van der Waals surface area (Å²) in [5, 5.41) is 6.26. The molecule has 0 fully saturated rings. The van der Waals surface area contributed by atoms with Gasteiger partial charge in [-0.3, -0.25) is 9.59 Å². The molecule has 2 aromatic carbocycles. The summed E-state index contributed by atoms with van der Waals surface area (Å²) >= 11 is 7.43. The van der Waals surface area contributed by atoms with Crippen LogP contribution in [0.4, 0.5) is 0 Å². The summed E-state index contributed by atoms with van der Waals surface area (Å²) < 4.78 is 0. The van der Waals surface area contributed by atoms with Gasteiger partial charge in [0.25, 0.3) is 5.91 Å². The average molecular weight is 455 g/mol. The summed E-state index contributed by atoms with van der Waals surface area (Å²) in [7, 11) is 0. The highest BCUT2D eigenvalue weighted by Crippen LogP contribution is 2.17. The number of rotatable bonds is 8. The molecular weight excluding hydrogens is 432 g/mol. The number of carbonyl (C=O) groups is 2.